The van der Waals surface area contributed by atoms with Gasteiger partial charge in [0.05, 0.1) is 26.4 Å². The first-order chi connectivity index (χ1) is 30.2. The molecule has 372 valence electrons. The number of phosphoric ester groups is 2. The maximum atomic E-state index is 12.7. The van der Waals surface area contributed by atoms with E-state index in [1.807, 2.05) is 13.8 Å². The molecule has 0 aromatic carbocycles. The largest absolute Gasteiger partial charge is 0.472 e. The lowest BCUT2D eigenvalue weighted by Crippen LogP contribution is -2.30. The molecule has 63 heavy (non-hydrogen) atoms. The standard InChI is InChI=1S/C44H84O17P2/c1-5-9-12-14-15-16-17-18-19-20-21-22-23-24-27-31-44(49)61-40(35-55-42(47)29-26-13-10-6-2)37-59-63(52,53)57-33-38(45)32-56-62(50,51)58-36-39(34-54-41(46)28-8-4)60-43(48)30-25-11-7-3/h38-40,45H,5-37H2,1-4H3,(H,50,51)(H,52,53)/t38-,39-,40-/m1/s1. The number of aliphatic hydroxyl groups excluding tert-OH is 1. The van der Waals surface area contributed by atoms with Crippen molar-refractivity contribution in [2.75, 3.05) is 39.6 Å². The number of unbranched alkanes of at least 4 members (excludes halogenated alkanes) is 19. The molecule has 0 radical (unpaired) electrons. The highest BCUT2D eigenvalue weighted by molar-refractivity contribution is 7.47. The smallest absolute Gasteiger partial charge is 0.462 e. The minimum atomic E-state index is -4.91. The summed E-state index contributed by atoms with van der Waals surface area (Å²) in [6.07, 6.45) is 20.2. The molecular weight excluding hydrogens is 862 g/mol. The van der Waals surface area contributed by atoms with Crippen molar-refractivity contribution >= 4 is 39.5 Å². The molecule has 0 fully saturated rings. The van der Waals surface area contributed by atoms with Crippen LogP contribution >= 0.6 is 15.6 Å². The van der Waals surface area contributed by atoms with Gasteiger partial charge in [-0.1, -0.05) is 150 Å². The molecule has 19 heteroatoms. The van der Waals surface area contributed by atoms with Gasteiger partial charge in [-0.15, -0.1) is 0 Å². The fraction of sp³-hybridized carbons (Fsp3) is 0.909. The molecule has 0 bridgehead atoms. The Morgan fingerprint density at radius 2 is 0.667 bits per heavy atom. The van der Waals surface area contributed by atoms with Crippen molar-refractivity contribution in [2.45, 2.75) is 219 Å². The summed E-state index contributed by atoms with van der Waals surface area (Å²) in [5.41, 5.74) is 0. The van der Waals surface area contributed by atoms with E-state index in [4.69, 9.17) is 37.0 Å². The fourth-order valence-electron chi connectivity index (χ4n) is 6.14. The lowest BCUT2D eigenvalue weighted by molar-refractivity contribution is -0.161. The first kappa shape index (κ1) is 61.1. The molecule has 5 atom stereocenters. The predicted molar refractivity (Wildman–Crippen MR) is 238 cm³/mol. The van der Waals surface area contributed by atoms with Crippen LogP contribution in [0.2, 0.25) is 0 Å². The Labute approximate surface area is 377 Å². The van der Waals surface area contributed by atoms with E-state index in [2.05, 4.69) is 6.92 Å². The number of carbonyl (C=O) groups excluding carboxylic acids is 4. The van der Waals surface area contributed by atoms with Crippen molar-refractivity contribution in [3.05, 3.63) is 0 Å². The molecule has 0 heterocycles. The summed E-state index contributed by atoms with van der Waals surface area (Å²) in [5.74, 6) is -2.26. The van der Waals surface area contributed by atoms with E-state index in [1.165, 1.54) is 64.2 Å². The van der Waals surface area contributed by atoms with Crippen LogP contribution in [0.4, 0.5) is 0 Å². The highest BCUT2D eigenvalue weighted by Crippen LogP contribution is 2.45. The van der Waals surface area contributed by atoms with Crippen LogP contribution in [0.15, 0.2) is 0 Å². The van der Waals surface area contributed by atoms with Crippen LogP contribution in [0, 0.1) is 0 Å². The third-order valence-corrected chi connectivity index (χ3v) is 11.7. The van der Waals surface area contributed by atoms with Gasteiger partial charge in [0.25, 0.3) is 0 Å². The first-order valence-corrected chi connectivity index (χ1v) is 26.8. The molecule has 0 aliphatic heterocycles. The monoisotopic (exact) mass is 947 g/mol. The van der Waals surface area contributed by atoms with Gasteiger partial charge in [0.2, 0.25) is 0 Å². The summed E-state index contributed by atoms with van der Waals surface area (Å²) in [4.78, 5) is 69.5. The SMILES string of the molecule is CCCCCCCCCCCCCCCCCC(=O)O[C@H](COC(=O)CCCCCC)COP(=O)(O)OC[C@H](O)COP(=O)(O)OC[C@@H](COC(=O)CCC)OC(=O)CCCCC. The minimum absolute atomic E-state index is 0.0865. The number of rotatable bonds is 45. The van der Waals surface area contributed by atoms with E-state index in [-0.39, 0.29) is 25.7 Å². The van der Waals surface area contributed by atoms with E-state index in [1.54, 1.807) is 6.92 Å². The van der Waals surface area contributed by atoms with Gasteiger partial charge in [-0.05, 0) is 25.7 Å². The van der Waals surface area contributed by atoms with Crippen LogP contribution in [0.5, 0.6) is 0 Å². The molecule has 3 N–H and O–H groups in total. The molecule has 0 amide bonds. The Kier molecular flexibility index (Phi) is 39.1. The van der Waals surface area contributed by atoms with Gasteiger partial charge in [-0.25, -0.2) is 9.13 Å². The zero-order chi connectivity index (χ0) is 47.0. The second kappa shape index (κ2) is 40.3. The van der Waals surface area contributed by atoms with Crippen molar-refractivity contribution in [1.29, 1.82) is 0 Å². The molecule has 0 saturated carbocycles. The normalized spacial score (nSPS) is 14.8. The van der Waals surface area contributed by atoms with E-state index < -0.39 is 97.5 Å². The molecule has 2 unspecified atom stereocenters. The average molecular weight is 947 g/mol. The van der Waals surface area contributed by atoms with Gasteiger partial charge >= 0.3 is 39.5 Å². The third-order valence-electron chi connectivity index (χ3n) is 9.82. The lowest BCUT2D eigenvalue weighted by Gasteiger charge is -2.21. The van der Waals surface area contributed by atoms with Gasteiger partial charge < -0.3 is 33.8 Å². The van der Waals surface area contributed by atoms with Gasteiger partial charge in [-0.2, -0.15) is 0 Å². The van der Waals surface area contributed by atoms with Crippen LogP contribution < -0.4 is 0 Å². The first-order valence-electron chi connectivity index (χ1n) is 23.8. The Morgan fingerprint density at radius 1 is 0.381 bits per heavy atom. The number of carbonyl (C=O) groups is 4. The summed E-state index contributed by atoms with van der Waals surface area (Å²) < 4.78 is 65.8. The molecule has 17 nitrogen and oxygen atoms in total. The minimum Gasteiger partial charge on any atom is -0.462 e. The second-order valence-corrected chi connectivity index (χ2v) is 19.0. The maximum Gasteiger partial charge on any atom is 0.472 e. The Balaban J connectivity index is 4.88. The molecule has 0 aliphatic rings. The van der Waals surface area contributed by atoms with Crippen LogP contribution in [0.3, 0.4) is 0 Å². The fourth-order valence-corrected chi connectivity index (χ4v) is 7.72. The molecule has 0 saturated heterocycles. The molecule has 0 aromatic rings. The summed E-state index contributed by atoms with van der Waals surface area (Å²) in [5, 5.41) is 10.3. The van der Waals surface area contributed by atoms with Crippen molar-refractivity contribution in [2.24, 2.45) is 0 Å². The van der Waals surface area contributed by atoms with Gasteiger partial charge in [0.1, 0.15) is 19.3 Å². The average Bonchev–Trinajstić information content (AvgIpc) is 3.24. The highest BCUT2D eigenvalue weighted by Gasteiger charge is 2.30. The topological polar surface area (TPSA) is 237 Å². The quantitative estimate of drug-likeness (QED) is 0.0223. The number of aliphatic hydroxyl groups is 1. The Morgan fingerprint density at radius 3 is 1.05 bits per heavy atom. The third kappa shape index (κ3) is 40.1. The zero-order valence-electron chi connectivity index (χ0n) is 39.0. The van der Waals surface area contributed by atoms with E-state index >= 15 is 0 Å². The van der Waals surface area contributed by atoms with Crippen molar-refractivity contribution < 1.29 is 80.2 Å². The maximum absolute atomic E-state index is 12.7. The predicted octanol–water partition coefficient (Wildman–Crippen LogP) is 10.1. The number of hydrogen-bond acceptors (Lipinski definition) is 15. The van der Waals surface area contributed by atoms with Gasteiger partial charge in [0.15, 0.2) is 12.2 Å². The van der Waals surface area contributed by atoms with Crippen LogP contribution in [0.1, 0.15) is 201 Å². The number of phosphoric acid groups is 2. The summed E-state index contributed by atoms with van der Waals surface area (Å²) in [7, 11) is -9.79. The van der Waals surface area contributed by atoms with Gasteiger partial charge in [-0.3, -0.25) is 37.3 Å². The van der Waals surface area contributed by atoms with Crippen LogP contribution in [-0.4, -0.2) is 96.7 Å². The second-order valence-electron chi connectivity index (χ2n) is 16.1. The highest BCUT2D eigenvalue weighted by atomic mass is 31.2. The number of esters is 4. The lowest BCUT2D eigenvalue weighted by atomic mass is 10.0. The van der Waals surface area contributed by atoms with E-state index in [0.29, 0.717) is 25.7 Å². The molecule has 0 aromatic heterocycles. The van der Waals surface area contributed by atoms with Crippen molar-refractivity contribution in [3.63, 3.8) is 0 Å². The number of ether oxygens (including phenoxy) is 4. The zero-order valence-corrected chi connectivity index (χ0v) is 40.8. The molecule has 0 aliphatic carbocycles. The van der Waals surface area contributed by atoms with Crippen molar-refractivity contribution in [1.82, 2.24) is 0 Å². The molecule has 0 rings (SSSR count). The van der Waals surface area contributed by atoms with Gasteiger partial charge in [0, 0.05) is 25.7 Å². The van der Waals surface area contributed by atoms with E-state index in [0.717, 1.165) is 57.8 Å². The molecular formula is C44H84O17P2. The summed E-state index contributed by atoms with van der Waals surface area (Å²) >= 11 is 0. The molecule has 0 spiro atoms. The Bertz CT molecular complexity index is 1270. The van der Waals surface area contributed by atoms with Crippen molar-refractivity contribution in [3.8, 4) is 0 Å². The summed E-state index contributed by atoms with van der Waals surface area (Å²) in [6.45, 7) is 4.03. The number of hydrogen-bond donors (Lipinski definition) is 3. The van der Waals surface area contributed by atoms with Crippen LogP contribution in [-0.2, 0) is 65.4 Å². The van der Waals surface area contributed by atoms with E-state index in [9.17, 15) is 43.2 Å². The summed E-state index contributed by atoms with van der Waals surface area (Å²) in [6, 6.07) is 0. The van der Waals surface area contributed by atoms with Crippen LogP contribution in [0.25, 0.3) is 0 Å². The Hall–Kier alpha value is -1.94.